The topological polar surface area (TPSA) is 47.3 Å². The zero-order valence-electron chi connectivity index (χ0n) is 6.58. The molecule has 3 nitrogen and oxygen atoms in total. The van der Waals surface area contributed by atoms with Gasteiger partial charge in [0.25, 0.3) is 0 Å². The largest absolute Gasteiger partial charge is 0.380 e. The van der Waals surface area contributed by atoms with Gasteiger partial charge in [0.05, 0.1) is 6.10 Å². The molecule has 0 aromatic carbocycles. The number of rotatable bonds is 1. The maximum atomic E-state index is 5.66. The van der Waals surface area contributed by atoms with Crippen LogP contribution in [-0.4, -0.2) is 32.3 Å². The Morgan fingerprint density at radius 1 is 1.36 bits per heavy atom. The molecule has 0 aromatic heterocycles. The number of hydrogen-bond donors (Lipinski definition) is 2. The molecule has 1 rings (SSSR count). The predicted molar refractivity (Wildman–Crippen MR) is 50.8 cm³/mol. The van der Waals surface area contributed by atoms with Crippen LogP contribution in [0.15, 0.2) is 0 Å². The normalized spacial score (nSPS) is 30.0. The smallest absolute Gasteiger partial charge is 0.0710 e. The van der Waals surface area contributed by atoms with Crippen molar-refractivity contribution in [3.63, 3.8) is 0 Å². The van der Waals surface area contributed by atoms with Gasteiger partial charge < -0.3 is 15.8 Å². The minimum absolute atomic E-state index is 0. The highest BCUT2D eigenvalue weighted by atomic mass is 35.5. The molecule has 11 heavy (non-hydrogen) atoms. The SMILES string of the molecule is CO[C@@H]1CNC[C@@H](N)C1.Cl.Cl. The molecule has 1 saturated heterocycles. The molecule has 70 valence electrons. The minimum atomic E-state index is 0. The van der Waals surface area contributed by atoms with Crippen LogP contribution in [0.2, 0.25) is 0 Å². The first-order valence-corrected chi connectivity index (χ1v) is 3.32. The second-order valence-electron chi connectivity index (χ2n) is 2.51. The van der Waals surface area contributed by atoms with E-state index in [0.717, 1.165) is 19.5 Å². The van der Waals surface area contributed by atoms with Crippen LogP contribution in [0, 0.1) is 0 Å². The summed E-state index contributed by atoms with van der Waals surface area (Å²) in [5, 5.41) is 3.19. The van der Waals surface area contributed by atoms with Gasteiger partial charge in [-0.05, 0) is 6.42 Å². The van der Waals surface area contributed by atoms with E-state index < -0.39 is 0 Å². The standard InChI is InChI=1S/C6H14N2O.2ClH/c1-9-6-2-5(7)3-8-4-6;;/h5-6,8H,2-4,7H2,1H3;2*1H/t5-,6-;;/m0../s1. The fourth-order valence-electron chi connectivity index (χ4n) is 1.11. The maximum absolute atomic E-state index is 5.66. The summed E-state index contributed by atoms with van der Waals surface area (Å²) in [6.45, 7) is 1.88. The fraction of sp³-hybridized carbons (Fsp3) is 1.00. The van der Waals surface area contributed by atoms with Crippen LogP contribution in [0.4, 0.5) is 0 Å². The zero-order valence-corrected chi connectivity index (χ0v) is 8.21. The van der Waals surface area contributed by atoms with Gasteiger partial charge in [-0.1, -0.05) is 0 Å². The Bertz CT molecular complexity index is 94.7. The number of nitrogens with two attached hydrogens (primary N) is 1. The summed E-state index contributed by atoms with van der Waals surface area (Å²) >= 11 is 0. The highest BCUT2D eigenvalue weighted by molar-refractivity contribution is 5.85. The summed E-state index contributed by atoms with van der Waals surface area (Å²) < 4.78 is 5.12. The van der Waals surface area contributed by atoms with Crippen molar-refractivity contribution in [2.24, 2.45) is 5.73 Å². The zero-order chi connectivity index (χ0) is 6.69. The lowest BCUT2D eigenvalue weighted by Gasteiger charge is -2.26. The third-order valence-electron chi connectivity index (χ3n) is 1.68. The second kappa shape index (κ2) is 7.13. The molecule has 1 fully saturated rings. The van der Waals surface area contributed by atoms with Gasteiger partial charge in [-0.15, -0.1) is 24.8 Å². The van der Waals surface area contributed by atoms with Crippen molar-refractivity contribution in [3.8, 4) is 0 Å². The molecule has 0 bridgehead atoms. The van der Waals surface area contributed by atoms with Crippen molar-refractivity contribution in [1.29, 1.82) is 0 Å². The molecule has 5 heteroatoms. The van der Waals surface area contributed by atoms with Gasteiger partial charge in [-0.25, -0.2) is 0 Å². The summed E-state index contributed by atoms with van der Waals surface area (Å²) in [7, 11) is 1.73. The van der Waals surface area contributed by atoms with Crippen LogP contribution >= 0.6 is 24.8 Å². The first-order valence-electron chi connectivity index (χ1n) is 3.32. The highest BCUT2D eigenvalue weighted by Crippen LogP contribution is 2.02. The van der Waals surface area contributed by atoms with Crippen LogP contribution in [-0.2, 0) is 4.74 Å². The summed E-state index contributed by atoms with van der Waals surface area (Å²) in [6.07, 6.45) is 1.32. The predicted octanol–water partition coefficient (Wildman–Crippen LogP) is 0.166. The Hall–Kier alpha value is 0.460. The molecule has 0 saturated carbocycles. The van der Waals surface area contributed by atoms with Gasteiger partial charge >= 0.3 is 0 Å². The van der Waals surface area contributed by atoms with E-state index in [0.29, 0.717) is 6.10 Å². The molecule has 3 N–H and O–H groups in total. The molecular formula is C6H16Cl2N2O. The Balaban J connectivity index is 0. The number of hydrogen-bond acceptors (Lipinski definition) is 3. The number of nitrogens with one attached hydrogen (secondary N) is 1. The Morgan fingerprint density at radius 2 is 2.00 bits per heavy atom. The van der Waals surface area contributed by atoms with E-state index in [2.05, 4.69) is 5.32 Å². The molecule has 2 atom stereocenters. The molecular weight excluding hydrogens is 187 g/mol. The molecule has 0 unspecified atom stereocenters. The first-order chi connectivity index (χ1) is 4.33. The lowest BCUT2D eigenvalue weighted by atomic mass is 10.1. The number of piperidine rings is 1. The molecule has 0 spiro atoms. The highest BCUT2D eigenvalue weighted by Gasteiger charge is 2.17. The van der Waals surface area contributed by atoms with Gasteiger partial charge in [0.1, 0.15) is 0 Å². The van der Waals surface area contributed by atoms with E-state index in [1.807, 2.05) is 0 Å². The molecule has 0 aromatic rings. The van der Waals surface area contributed by atoms with E-state index in [4.69, 9.17) is 10.5 Å². The Kier molecular flexibility index (Phi) is 9.08. The van der Waals surface area contributed by atoms with Crippen LogP contribution in [0.25, 0.3) is 0 Å². The summed E-state index contributed by atoms with van der Waals surface area (Å²) in [4.78, 5) is 0. The second-order valence-corrected chi connectivity index (χ2v) is 2.51. The van der Waals surface area contributed by atoms with Crippen LogP contribution in [0.1, 0.15) is 6.42 Å². The third kappa shape index (κ3) is 4.82. The van der Waals surface area contributed by atoms with Crippen LogP contribution in [0.5, 0.6) is 0 Å². The van der Waals surface area contributed by atoms with Gasteiger partial charge in [0, 0.05) is 26.2 Å². The summed E-state index contributed by atoms with van der Waals surface area (Å²) in [6, 6.07) is 0.281. The van der Waals surface area contributed by atoms with E-state index in [-0.39, 0.29) is 30.9 Å². The lowest BCUT2D eigenvalue weighted by molar-refractivity contribution is 0.0747. The maximum Gasteiger partial charge on any atom is 0.0710 e. The Labute approximate surface area is 79.9 Å². The monoisotopic (exact) mass is 202 g/mol. The van der Waals surface area contributed by atoms with Crippen molar-refractivity contribution in [1.82, 2.24) is 5.32 Å². The van der Waals surface area contributed by atoms with Gasteiger partial charge in [-0.3, -0.25) is 0 Å². The van der Waals surface area contributed by atoms with Gasteiger partial charge in [-0.2, -0.15) is 0 Å². The quantitative estimate of drug-likeness (QED) is 0.638. The number of halogens is 2. The van der Waals surface area contributed by atoms with Crippen molar-refractivity contribution < 1.29 is 4.74 Å². The van der Waals surface area contributed by atoms with Gasteiger partial charge in [0.15, 0.2) is 0 Å². The molecule has 1 aliphatic rings. The molecule has 1 heterocycles. The van der Waals surface area contributed by atoms with Crippen molar-refractivity contribution in [2.45, 2.75) is 18.6 Å². The average molecular weight is 203 g/mol. The van der Waals surface area contributed by atoms with Crippen LogP contribution in [0.3, 0.4) is 0 Å². The van der Waals surface area contributed by atoms with E-state index in [1.54, 1.807) is 7.11 Å². The number of methoxy groups -OCH3 is 1. The summed E-state index contributed by atoms with van der Waals surface area (Å²) in [5.41, 5.74) is 5.66. The van der Waals surface area contributed by atoms with Crippen molar-refractivity contribution >= 4 is 24.8 Å². The summed E-state index contributed by atoms with van der Waals surface area (Å²) in [5.74, 6) is 0. The number of ether oxygens (including phenoxy) is 1. The van der Waals surface area contributed by atoms with Crippen molar-refractivity contribution in [3.05, 3.63) is 0 Å². The lowest BCUT2D eigenvalue weighted by Crippen LogP contribution is -2.47. The van der Waals surface area contributed by atoms with Crippen molar-refractivity contribution in [2.75, 3.05) is 20.2 Å². The van der Waals surface area contributed by atoms with Crippen LogP contribution < -0.4 is 11.1 Å². The average Bonchev–Trinajstić information content (AvgIpc) is 1.88. The fourth-order valence-corrected chi connectivity index (χ4v) is 1.11. The molecule has 0 aliphatic carbocycles. The van der Waals surface area contributed by atoms with Gasteiger partial charge in [0.2, 0.25) is 0 Å². The Morgan fingerprint density at radius 3 is 2.36 bits per heavy atom. The van der Waals surface area contributed by atoms with E-state index >= 15 is 0 Å². The first kappa shape index (κ1) is 14.0. The van der Waals surface area contributed by atoms with E-state index in [9.17, 15) is 0 Å². The third-order valence-corrected chi connectivity index (χ3v) is 1.68. The minimum Gasteiger partial charge on any atom is -0.380 e. The molecule has 0 amide bonds. The molecule has 0 radical (unpaired) electrons. The molecule has 1 aliphatic heterocycles. The van der Waals surface area contributed by atoms with E-state index in [1.165, 1.54) is 0 Å².